The minimum Gasteiger partial charge on any atom is -0.389 e. The van der Waals surface area contributed by atoms with Crippen molar-refractivity contribution in [3.63, 3.8) is 0 Å². The first-order chi connectivity index (χ1) is 7.89. The van der Waals surface area contributed by atoms with E-state index in [0.717, 1.165) is 17.1 Å². The molecule has 2 N–H and O–H groups in total. The molecule has 96 valence electrons. The van der Waals surface area contributed by atoms with Crippen LogP contribution in [-0.2, 0) is 10.0 Å². The summed E-state index contributed by atoms with van der Waals surface area (Å²) in [7, 11) is -1.83. The van der Waals surface area contributed by atoms with Crippen molar-refractivity contribution < 1.29 is 8.42 Å². The fraction of sp³-hybridized carbons (Fsp3) is 0.444. The van der Waals surface area contributed by atoms with E-state index in [-0.39, 0.29) is 9.20 Å². The number of hydrogen-bond acceptors (Lipinski definition) is 5. The smallest absolute Gasteiger partial charge is 0.252 e. The molecule has 0 aromatic carbocycles. The van der Waals surface area contributed by atoms with Crippen molar-refractivity contribution in [1.29, 1.82) is 0 Å². The number of hydrogen-bond donors (Lipinski definition) is 1. The van der Waals surface area contributed by atoms with Crippen LogP contribution >= 0.6 is 35.3 Å². The summed E-state index contributed by atoms with van der Waals surface area (Å²) >= 11 is 7.53. The van der Waals surface area contributed by atoms with Gasteiger partial charge in [0.1, 0.15) is 9.20 Å². The van der Waals surface area contributed by atoms with Crippen molar-refractivity contribution in [2.45, 2.75) is 4.21 Å². The lowest BCUT2D eigenvalue weighted by Crippen LogP contribution is -2.28. The molecule has 4 nitrogen and oxygen atoms in total. The van der Waals surface area contributed by atoms with Crippen LogP contribution in [0.4, 0.5) is 0 Å². The Bertz CT molecular complexity index is 495. The van der Waals surface area contributed by atoms with Crippen molar-refractivity contribution in [3.8, 4) is 0 Å². The Morgan fingerprint density at radius 1 is 1.59 bits per heavy atom. The highest BCUT2D eigenvalue weighted by Gasteiger charge is 2.22. The maximum absolute atomic E-state index is 12.1. The van der Waals surface area contributed by atoms with E-state index < -0.39 is 10.0 Å². The summed E-state index contributed by atoms with van der Waals surface area (Å²) in [5.41, 5.74) is 5.46. The van der Waals surface area contributed by atoms with E-state index in [1.165, 1.54) is 4.31 Å². The van der Waals surface area contributed by atoms with Crippen LogP contribution in [0.1, 0.15) is 4.88 Å². The summed E-state index contributed by atoms with van der Waals surface area (Å²) in [5.74, 6) is 0.767. The number of rotatable bonds is 6. The third-order valence-corrected chi connectivity index (χ3v) is 6.48. The average molecular weight is 310 g/mol. The monoisotopic (exact) mass is 310 g/mol. The minimum atomic E-state index is -3.40. The van der Waals surface area contributed by atoms with Crippen LogP contribution in [-0.4, -0.2) is 43.3 Å². The average Bonchev–Trinajstić information content (AvgIpc) is 2.75. The largest absolute Gasteiger partial charge is 0.389 e. The standard InChI is InChI=1S/C9H14N2O2S4/c1-11(5-6-15-2)17(12,13)8-4-3-7(16-8)9(10)14/h3-4H,5-6H2,1-2H3,(H2,10,14). The molecule has 8 heteroatoms. The van der Waals surface area contributed by atoms with E-state index in [4.69, 9.17) is 18.0 Å². The maximum Gasteiger partial charge on any atom is 0.252 e. The first-order valence-corrected chi connectivity index (χ1v) is 8.80. The molecule has 0 atom stereocenters. The summed E-state index contributed by atoms with van der Waals surface area (Å²) in [6.07, 6.45) is 1.94. The number of thioether (sulfide) groups is 1. The van der Waals surface area contributed by atoms with Crippen LogP contribution in [0.3, 0.4) is 0 Å². The topological polar surface area (TPSA) is 63.4 Å². The molecule has 1 aromatic rings. The number of nitrogens with two attached hydrogens (primary N) is 1. The van der Waals surface area contributed by atoms with Crippen molar-refractivity contribution in [2.24, 2.45) is 5.73 Å². The van der Waals surface area contributed by atoms with E-state index in [1.807, 2.05) is 6.26 Å². The molecule has 0 saturated carbocycles. The second-order valence-corrected chi connectivity index (χ2v) is 8.08. The summed E-state index contributed by atoms with van der Waals surface area (Å²) in [6, 6.07) is 3.19. The van der Waals surface area contributed by atoms with Crippen molar-refractivity contribution >= 4 is 50.3 Å². The molecule has 17 heavy (non-hydrogen) atoms. The van der Waals surface area contributed by atoms with E-state index in [9.17, 15) is 8.42 Å². The molecule has 0 aliphatic heterocycles. The minimum absolute atomic E-state index is 0.225. The zero-order chi connectivity index (χ0) is 13.1. The lowest BCUT2D eigenvalue weighted by molar-refractivity contribution is 0.490. The van der Waals surface area contributed by atoms with Crippen molar-refractivity contribution in [1.82, 2.24) is 4.31 Å². The number of thiocarbonyl (C=S) groups is 1. The molecule has 0 bridgehead atoms. The molecule has 0 saturated heterocycles. The van der Waals surface area contributed by atoms with Gasteiger partial charge in [0, 0.05) is 19.3 Å². The third-order valence-electron chi connectivity index (χ3n) is 2.10. The number of sulfonamides is 1. The van der Waals surface area contributed by atoms with E-state index >= 15 is 0 Å². The zero-order valence-electron chi connectivity index (χ0n) is 9.54. The van der Waals surface area contributed by atoms with Gasteiger partial charge in [-0.25, -0.2) is 8.42 Å². The van der Waals surface area contributed by atoms with Gasteiger partial charge in [0.25, 0.3) is 10.0 Å². The Morgan fingerprint density at radius 2 is 2.24 bits per heavy atom. The highest BCUT2D eigenvalue weighted by atomic mass is 32.2. The quantitative estimate of drug-likeness (QED) is 0.804. The Labute approximate surface area is 115 Å². The van der Waals surface area contributed by atoms with Crippen LogP contribution < -0.4 is 5.73 Å². The van der Waals surface area contributed by atoms with Crippen LogP contribution in [0.25, 0.3) is 0 Å². The van der Waals surface area contributed by atoms with Gasteiger partial charge in [-0.2, -0.15) is 16.1 Å². The summed E-state index contributed by atoms with van der Waals surface area (Å²) in [6.45, 7) is 0.490. The van der Waals surface area contributed by atoms with E-state index in [0.29, 0.717) is 11.4 Å². The molecule has 0 spiro atoms. The van der Waals surface area contributed by atoms with Gasteiger partial charge in [-0.05, 0) is 18.4 Å². The van der Waals surface area contributed by atoms with Gasteiger partial charge in [0.2, 0.25) is 0 Å². The molecular formula is C9H14N2O2S4. The Kier molecular flexibility index (Phi) is 5.39. The molecule has 0 aliphatic carbocycles. The zero-order valence-corrected chi connectivity index (χ0v) is 12.8. The molecule has 0 amide bonds. The molecular weight excluding hydrogens is 296 g/mol. The van der Waals surface area contributed by atoms with Gasteiger partial charge >= 0.3 is 0 Å². The highest BCUT2D eigenvalue weighted by molar-refractivity contribution is 7.98. The Hall–Kier alpha value is -0.150. The molecule has 0 aliphatic rings. The van der Waals surface area contributed by atoms with Gasteiger partial charge in [-0.15, -0.1) is 11.3 Å². The van der Waals surface area contributed by atoms with Gasteiger partial charge < -0.3 is 5.73 Å². The van der Waals surface area contributed by atoms with E-state index in [1.54, 1.807) is 30.9 Å². The van der Waals surface area contributed by atoms with Gasteiger partial charge in [-0.1, -0.05) is 12.2 Å². The molecule has 1 rings (SSSR count). The van der Waals surface area contributed by atoms with E-state index in [2.05, 4.69) is 0 Å². The van der Waals surface area contributed by atoms with Gasteiger partial charge in [0.15, 0.2) is 0 Å². The second-order valence-electron chi connectivity index (χ2n) is 3.30. The van der Waals surface area contributed by atoms with Crippen molar-refractivity contribution in [3.05, 3.63) is 17.0 Å². The summed E-state index contributed by atoms with van der Waals surface area (Å²) < 4.78 is 25.9. The molecule has 1 aromatic heterocycles. The number of thiophene rings is 1. The predicted octanol–water partition coefficient (Wildman–Crippen LogP) is 1.37. The highest BCUT2D eigenvalue weighted by Crippen LogP contribution is 2.24. The fourth-order valence-electron chi connectivity index (χ4n) is 1.08. The van der Waals surface area contributed by atoms with Crippen LogP contribution in [0.5, 0.6) is 0 Å². The number of nitrogens with zero attached hydrogens (tertiary/aromatic N) is 1. The van der Waals surface area contributed by atoms with Gasteiger partial charge in [0.05, 0.1) is 4.88 Å². The van der Waals surface area contributed by atoms with Crippen molar-refractivity contribution in [2.75, 3.05) is 25.6 Å². The molecule has 0 unspecified atom stereocenters. The Morgan fingerprint density at radius 3 is 2.71 bits per heavy atom. The predicted molar refractivity (Wildman–Crippen MR) is 78.4 cm³/mol. The maximum atomic E-state index is 12.1. The summed E-state index contributed by atoms with van der Waals surface area (Å²) in [5, 5.41) is 0. The molecule has 1 heterocycles. The molecule has 0 fully saturated rings. The third kappa shape index (κ3) is 3.65. The normalized spacial score (nSPS) is 11.9. The van der Waals surface area contributed by atoms with Crippen LogP contribution in [0, 0.1) is 0 Å². The molecule has 0 radical (unpaired) electrons. The first kappa shape index (κ1) is 14.9. The SMILES string of the molecule is CSCCN(C)S(=O)(=O)c1ccc(C(N)=S)s1. The summed E-state index contributed by atoms with van der Waals surface area (Å²) in [4.78, 5) is 0.847. The second kappa shape index (κ2) is 6.14. The van der Waals surface area contributed by atoms with Crippen LogP contribution in [0.2, 0.25) is 0 Å². The van der Waals surface area contributed by atoms with Crippen LogP contribution in [0.15, 0.2) is 16.3 Å². The lowest BCUT2D eigenvalue weighted by atomic mass is 10.5. The first-order valence-electron chi connectivity index (χ1n) is 4.74. The Balaban J connectivity index is 2.92. The van der Waals surface area contributed by atoms with Gasteiger partial charge in [-0.3, -0.25) is 0 Å². The fourth-order valence-corrected chi connectivity index (χ4v) is 4.39. The lowest BCUT2D eigenvalue weighted by Gasteiger charge is -2.14.